The van der Waals surface area contributed by atoms with Crippen molar-refractivity contribution in [1.82, 2.24) is 0 Å². The Labute approximate surface area is 180 Å². The first kappa shape index (κ1) is 29.9. The van der Waals surface area contributed by atoms with Gasteiger partial charge < -0.3 is 24.1 Å². The molecule has 0 fully saturated rings. The maximum atomic E-state index is 12.0. The average Bonchev–Trinajstić information content (AvgIpc) is 2.57. The lowest BCUT2D eigenvalue weighted by Gasteiger charge is -2.27. The number of hydrogen-bond donors (Lipinski definition) is 3. The second-order valence-corrected chi connectivity index (χ2v) is 11.9. The van der Waals surface area contributed by atoms with Crippen LogP contribution in [0.1, 0.15) is 91.9 Å². The Morgan fingerprint density at radius 2 is 1.17 bits per heavy atom. The Balaban J connectivity index is 3.77. The Morgan fingerprint density at radius 3 is 1.53 bits per heavy atom. The molecule has 0 rings (SSSR count). The van der Waals surface area contributed by atoms with Crippen LogP contribution in [0.5, 0.6) is 0 Å². The molecule has 0 aliphatic carbocycles. The molecule has 0 aromatic rings. The van der Waals surface area contributed by atoms with Crippen LogP contribution >= 0.6 is 15.6 Å². The molecule has 180 valence electrons. The van der Waals surface area contributed by atoms with Crippen LogP contribution in [0.4, 0.5) is 0 Å². The standard InChI is InChI=1S/C19H40O9P2/c1-18(2,15-27-29(21,22)23)13-9-5-7-11-17(20)12-8-6-10-14-19(3,4)16-28-30(24,25)26/h5-16H2,1-4H3,(H2,21,22,23)(H2,24,25,26)/p-1. The number of ketones is 1. The molecule has 0 aliphatic rings. The van der Waals surface area contributed by atoms with E-state index in [0.717, 1.165) is 51.4 Å². The van der Waals surface area contributed by atoms with Crippen molar-refractivity contribution in [2.75, 3.05) is 13.2 Å². The molecule has 0 saturated carbocycles. The summed E-state index contributed by atoms with van der Waals surface area (Å²) in [4.78, 5) is 48.8. The highest BCUT2D eigenvalue weighted by Crippen LogP contribution is 2.39. The molecule has 0 aliphatic heterocycles. The van der Waals surface area contributed by atoms with Gasteiger partial charge >= 0.3 is 7.82 Å². The third kappa shape index (κ3) is 19.8. The number of phosphoric ester groups is 2. The number of phosphoric acid groups is 2. The van der Waals surface area contributed by atoms with E-state index in [1.165, 1.54) is 0 Å². The topological polar surface area (TPSA) is 153 Å². The zero-order chi connectivity index (χ0) is 23.5. The van der Waals surface area contributed by atoms with Crippen molar-refractivity contribution in [3.8, 4) is 0 Å². The highest BCUT2D eigenvalue weighted by Gasteiger charge is 2.23. The molecule has 11 heteroatoms. The van der Waals surface area contributed by atoms with E-state index in [9.17, 15) is 18.8 Å². The lowest BCUT2D eigenvalue weighted by Crippen LogP contribution is -2.20. The summed E-state index contributed by atoms with van der Waals surface area (Å²) in [6.07, 6.45) is 7.64. The summed E-state index contributed by atoms with van der Waals surface area (Å²) in [7, 11) is -9.13. The van der Waals surface area contributed by atoms with Crippen LogP contribution in [-0.2, 0) is 23.0 Å². The van der Waals surface area contributed by atoms with E-state index in [2.05, 4.69) is 9.05 Å². The molecule has 0 amide bonds. The van der Waals surface area contributed by atoms with Crippen molar-refractivity contribution in [3.05, 3.63) is 0 Å². The molecule has 0 heterocycles. The van der Waals surface area contributed by atoms with E-state index < -0.39 is 15.6 Å². The van der Waals surface area contributed by atoms with E-state index in [-0.39, 0.29) is 29.8 Å². The van der Waals surface area contributed by atoms with Gasteiger partial charge in [0.25, 0.3) is 7.82 Å². The molecular formula is C19H39O9P2-. The van der Waals surface area contributed by atoms with Gasteiger partial charge in [0, 0.05) is 12.8 Å². The molecule has 0 saturated heterocycles. The van der Waals surface area contributed by atoms with Crippen LogP contribution in [0, 0.1) is 10.8 Å². The third-order valence-corrected chi connectivity index (χ3v) is 5.78. The van der Waals surface area contributed by atoms with Crippen molar-refractivity contribution in [3.63, 3.8) is 0 Å². The summed E-state index contributed by atoms with van der Waals surface area (Å²) < 4.78 is 30.5. The molecule has 0 radical (unpaired) electrons. The van der Waals surface area contributed by atoms with Crippen LogP contribution < -0.4 is 4.89 Å². The van der Waals surface area contributed by atoms with Crippen LogP contribution in [0.2, 0.25) is 0 Å². The highest BCUT2D eigenvalue weighted by molar-refractivity contribution is 7.46. The molecular weight excluding hydrogens is 434 g/mol. The minimum Gasteiger partial charge on any atom is -0.756 e. The average molecular weight is 473 g/mol. The number of unbranched alkanes of at least 4 members (excludes halogenated alkanes) is 4. The number of rotatable bonds is 18. The second-order valence-electron chi connectivity index (χ2n) is 9.49. The van der Waals surface area contributed by atoms with Crippen LogP contribution in [0.3, 0.4) is 0 Å². The summed E-state index contributed by atoms with van der Waals surface area (Å²) in [5, 5.41) is 0. The number of Topliss-reactive ketones (excluding diaryl/α,β-unsaturated/α-hetero) is 1. The fourth-order valence-corrected chi connectivity index (χ4v) is 4.02. The van der Waals surface area contributed by atoms with Crippen LogP contribution in [-0.4, -0.2) is 33.7 Å². The van der Waals surface area contributed by atoms with Crippen molar-refractivity contribution in [2.24, 2.45) is 10.8 Å². The van der Waals surface area contributed by atoms with Crippen molar-refractivity contribution < 1.29 is 42.5 Å². The van der Waals surface area contributed by atoms with E-state index >= 15 is 0 Å². The summed E-state index contributed by atoms with van der Waals surface area (Å²) in [6, 6.07) is 0. The molecule has 30 heavy (non-hydrogen) atoms. The van der Waals surface area contributed by atoms with Gasteiger partial charge in [-0.05, 0) is 36.5 Å². The van der Waals surface area contributed by atoms with Gasteiger partial charge in [-0.15, -0.1) is 0 Å². The van der Waals surface area contributed by atoms with Gasteiger partial charge in [-0.25, -0.2) is 4.57 Å². The Morgan fingerprint density at radius 1 is 0.767 bits per heavy atom. The SMILES string of the molecule is CC(C)(CCCCCC(=O)CCCCCC(C)(C)COP(=O)(O)O)COP(=O)([O-])O. The summed E-state index contributed by atoms with van der Waals surface area (Å²) in [5.74, 6) is 0.231. The first-order chi connectivity index (χ1) is 13.5. The molecule has 0 aromatic heterocycles. The molecule has 1 atom stereocenters. The summed E-state index contributed by atoms with van der Waals surface area (Å²) in [6.45, 7) is 7.45. The normalized spacial score (nSPS) is 15.2. The van der Waals surface area contributed by atoms with Crippen molar-refractivity contribution in [1.29, 1.82) is 0 Å². The lowest BCUT2D eigenvalue weighted by molar-refractivity contribution is -0.222. The second kappa shape index (κ2) is 13.4. The quantitative estimate of drug-likeness (QED) is 0.197. The van der Waals surface area contributed by atoms with Gasteiger partial charge in [0.05, 0.1) is 13.2 Å². The Bertz CT molecular complexity index is 543. The summed E-state index contributed by atoms with van der Waals surface area (Å²) >= 11 is 0. The smallest absolute Gasteiger partial charge is 0.469 e. The van der Waals surface area contributed by atoms with Gasteiger partial charge in [0.1, 0.15) is 5.78 Å². The lowest BCUT2D eigenvalue weighted by atomic mass is 9.87. The van der Waals surface area contributed by atoms with Gasteiger partial charge in [-0.1, -0.05) is 53.4 Å². The van der Waals surface area contributed by atoms with Gasteiger partial charge in [0.15, 0.2) is 0 Å². The first-order valence-electron chi connectivity index (χ1n) is 10.4. The van der Waals surface area contributed by atoms with Gasteiger partial charge in [0.2, 0.25) is 0 Å². The molecule has 3 N–H and O–H groups in total. The Kier molecular flexibility index (Phi) is 13.4. The van der Waals surface area contributed by atoms with Crippen molar-refractivity contribution >= 4 is 21.4 Å². The van der Waals surface area contributed by atoms with Gasteiger partial charge in [-0.2, -0.15) is 0 Å². The first-order valence-corrected chi connectivity index (χ1v) is 13.4. The largest absolute Gasteiger partial charge is 0.756 e. The van der Waals surface area contributed by atoms with E-state index in [0.29, 0.717) is 12.8 Å². The molecule has 0 spiro atoms. The van der Waals surface area contributed by atoms with E-state index in [1.54, 1.807) is 0 Å². The minimum atomic E-state index is -4.69. The summed E-state index contributed by atoms with van der Waals surface area (Å²) in [5.41, 5.74) is -0.692. The number of hydrogen-bond acceptors (Lipinski definition) is 6. The molecule has 0 aromatic carbocycles. The number of carbonyl (C=O) groups excluding carboxylic acids is 1. The minimum absolute atomic E-state index is 0.00462. The fourth-order valence-electron chi connectivity index (χ4n) is 2.99. The maximum absolute atomic E-state index is 12.0. The zero-order valence-corrected chi connectivity index (χ0v) is 20.5. The van der Waals surface area contributed by atoms with E-state index in [4.69, 9.17) is 14.7 Å². The predicted octanol–water partition coefficient (Wildman–Crippen LogP) is 4.10. The number of carbonyl (C=O) groups is 1. The molecule has 9 nitrogen and oxygen atoms in total. The van der Waals surface area contributed by atoms with Crippen LogP contribution in [0.25, 0.3) is 0 Å². The molecule has 1 unspecified atom stereocenters. The monoisotopic (exact) mass is 473 g/mol. The van der Waals surface area contributed by atoms with Gasteiger partial charge in [-0.3, -0.25) is 13.9 Å². The third-order valence-electron chi connectivity index (χ3n) is 4.86. The fraction of sp³-hybridized carbons (Fsp3) is 0.947. The highest BCUT2D eigenvalue weighted by atomic mass is 31.2. The Hall–Kier alpha value is -0.110. The maximum Gasteiger partial charge on any atom is 0.469 e. The van der Waals surface area contributed by atoms with Crippen molar-refractivity contribution in [2.45, 2.75) is 91.9 Å². The van der Waals surface area contributed by atoms with Crippen LogP contribution in [0.15, 0.2) is 0 Å². The predicted molar refractivity (Wildman–Crippen MR) is 113 cm³/mol. The van der Waals surface area contributed by atoms with E-state index in [1.807, 2.05) is 27.7 Å². The molecule has 0 bridgehead atoms. The zero-order valence-electron chi connectivity index (χ0n) is 18.7.